The number of anilines is 1. The van der Waals surface area contributed by atoms with Gasteiger partial charge in [-0.3, -0.25) is 9.20 Å². The number of hydrogen-bond donors (Lipinski definition) is 1. The van der Waals surface area contributed by atoms with Gasteiger partial charge in [0, 0.05) is 18.0 Å². The van der Waals surface area contributed by atoms with Crippen molar-refractivity contribution in [1.82, 2.24) is 9.38 Å². The van der Waals surface area contributed by atoms with Crippen LogP contribution in [-0.4, -0.2) is 15.3 Å². The summed E-state index contributed by atoms with van der Waals surface area (Å²) in [6.45, 7) is 4.00. The lowest BCUT2D eigenvalue weighted by Crippen LogP contribution is -2.09. The van der Waals surface area contributed by atoms with Crippen molar-refractivity contribution >= 4 is 34.9 Å². The number of fused-ring (bicyclic) bond motifs is 1. The van der Waals surface area contributed by atoms with Gasteiger partial charge in [0.15, 0.2) is 5.15 Å². The summed E-state index contributed by atoms with van der Waals surface area (Å²) in [5.74, 6) is -0.208. The maximum Gasteiger partial charge on any atom is 0.248 e. The number of halogens is 1. The highest BCUT2D eigenvalue weighted by atomic mass is 35.5. The molecule has 1 aromatic carbocycles. The van der Waals surface area contributed by atoms with Crippen molar-refractivity contribution in [3.05, 3.63) is 70.6 Å². The highest BCUT2D eigenvalue weighted by Gasteiger charge is 2.08. The topological polar surface area (TPSA) is 46.4 Å². The van der Waals surface area contributed by atoms with Crippen LogP contribution in [0.15, 0.2) is 48.7 Å². The number of nitrogens with zero attached hydrogens (tertiary/aromatic N) is 2. The van der Waals surface area contributed by atoms with Crippen LogP contribution in [0.1, 0.15) is 16.8 Å². The Labute approximate surface area is 139 Å². The third-order valence-electron chi connectivity index (χ3n) is 3.78. The molecule has 0 fully saturated rings. The number of carbonyl (C=O) groups excluding carboxylic acids is 1. The third-order valence-corrected chi connectivity index (χ3v) is 4.06. The van der Waals surface area contributed by atoms with Gasteiger partial charge in [0.05, 0.1) is 5.69 Å². The summed E-state index contributed by atoms with van der Waals surface area (Å²) in [5.41, 5.74) is 4.42. The van der Waals surface area contributed by atoms with Gasteiger partial charge in [-0.15, -0.1) is 0 Å². The summed E-state index contributed by atoms with van der Waals surface area (Å²) >= 11 is 6.14. The van der Waals surface area contributed by atoms with Crippen LogP contribution in [0.25, 0.3) is 11.7 Å². The molecule has 4 nitrogen and oxygen atoms in total. The monoisotopic (exact) mass is 325 g/mol. The molecule has 0 aliphatic carbocycles. The Hall–Kier alpha value is -2.59. The second-order valence-electron chi connectivity index (χ2n) is 5.29. The van der Waals surface area contributed by atoms with Gasteiger partial charge < -0.3 is 5.32 Å². The molecule has 1 amide bonds. The van der Waals surface area contributed by atoms with E-state index in [4.69, 9.17) is 11.6 Å². The van der Waals surface area contributed by atoms with E-state index in [0.717, 1.165) is 22.5 Å². The average molecular weight is 326 g/mol. The molecule has 0 unspecified atom stereocenters. The van der Waals surface area contributed by atoms with Gasteiger partial charge in [-0.2, -0.15) is 0 Å². The van der Waals surface area contributed by atoms with Gasteiger partial charge in [-0.25, -0.2) is 4.98 Å². The number of hydrogen-bond acceptors (Lipinski definition) is 2. The molecule has 5 heteroatoms. The smallest absolute Gasteiger partial charge is 0.248 e. The van der Waals surface area contributed by atoms with E-state index in [1.165, 1.54) is 6.08 Å². The molecule has 1 N–H and O–H groups in total. The lowest BCUT2D eigenvalue weighted by molar-refractivity contribution is -0.111. The summed E-state index contributed by atoms with van der Waals surface area (Å²) in [5, 5.41) is 3.25. The Balaban J connectivity index is 1.83. The predicted molar refractivity (Wildman–Crippen MR) is 93.8 cm³/mol. The van der Waals surface area contributed by atoms with Gasteiger partial charge in [-0.1, -0.05) is 29.8 Å². The number of nitrogens with one attached hydrogen (secondary N) is 1. The second kappa shape index (κ2) is 6.26. The van der Waals surface area contributed by atoms with Crippen LogP contribution in [0.5, 0.6) is 0 Å². The quantitative estimate of drug-likeness (QED) is 0.731. The molecule has 0 atom stereocenters. The zero-order chi connectivity index (χ0) is 16.4. The molecule has 116 valence electrons. The minimum atomic E-state index is -0.208. The Morgan fingerprint density at radius 1 is 1.22 bits per heavy atom. The van der Waals surface area contributed by atoms with Crippen molar-refractivity contribution in [2.24, 2.45) is 0 Å². The number of aromatic nitrogens is 2. The second-order valence-corrected chi connectivity index (χ2v) is 5.64. The normalized spacial score (nSPS) is 11.3. The van der Waals surface area contributed by atoms with E-state index in [1.54, 1.807) is 6.08 Å². The lowest BCUT2D eigenvalue weighted by Gasteiger charge is -2.08. The number of imidazole rings is 1. The molecular formula is C18H16ClN3O. The summed E-state index contributed by atoms with van der Waals surface area (Å²) in [4.78, 5) is 16.4. The molecule has 2 aromatic heterocycles. The van der Waals surface area contributed by atoms with Gasteiger partial charge in [0.25, 0.3) is 0 Å². The first kappa shape index (κ1) is 15.3. The fourth-order valence-electron chi connectivity index (χ4n) is 2.35. The van der Waals surface area contributed by atoms with Gasteiger partial charge in [0.2, 0.25) is 5.91 Å². The SMILES string of the molecule is Cc1cccc(NC(=O)/C=C/c2c(Cl)nc3ccccn23)c1C. The molecular weight excluding hydrogens is 310 g/mol. The number of pyridine rings is 1. The molecule has 3 aromatic rings. The van der Waals surface area contributed by atoms with Crippen molar-refractivity contribution in [2.75, 3.05) is 5.32 Å². The summed E-state index contributed by atoms with van der Waals surface area (Å²) in [6.07, 6.45) is 4.99. The Morgan fingerprint density at radius 2 is 2.04 bits per heavy atom. The van der Waals surface area contributed by atoms with E-state index >= 15 is 0 Å². The van der Waals surface area contributed by atoms with E-state index in [2.05, 4.69) is 10.3 Å². The number of benzene rings is 1. The van der Waals surface area contributed by atoms with E-state index in [0.29, 0.717) is 10.8 Å². The first-order chi connectivity index (χ1) is 11.1. The number of carbonyl (C=O) groups is 1. The Kier molecular flexibility index (Phi) is 4.17. The maximum absolute atomic E-state index is 12.1. The number of aryl methyl sites for hydroxylation is 1. The third kappa shape index (κ3) is 3.12. The maximum atomic E-state index is 12.1. The molecule has 0 bridgehead atoms. The van der Waals surface area contributed by atoms with Crippen molar-refractivity contribution in [3.63, 3.8) is 0 Å². The van der Waals surface area contributed by atoms with Crippen LogP contribution in [0.2, 0.25) is 5.15 Å². The zero-order valence-electron chi connectivity index (χ0n) is 12.9. The first-order valence-electron chi connectivity index (χ1n) is 7.24. The Bertz CT molecular complexity index is 912. The van der Waals surface area contributed by atoms with Gasteiger partial charge in [0.1, 0.15) is 5.65 Å². The van der Waals surface area contributed by atoms with E-state index in [1.807, 2.05) is 60.8 Å². The molecule has 0 aliphatic heterocycles. The van der Waals surface area contributed by atoms with Crippen molar-refractivity contribution < 1.29 is 4.79 Å². The fraction of sp³-hybridized carbons (Fsp3) is 0.111. The standard InChI is InChI=1S/C18H16ClN3O/c1-12-6-5-7-14(13(12)2)20-17(23)10-9-15-18(19)21-16-8-3-4-11-22(15)16/h3-11H,1-2H3,(H,20,23)/b10-9+. The van der Waals surface area contributed by atoms with Crippen LogP contribution in [0, 0.1) is 13.8 Å². The van der Waals surface area contributed by atoms with E-state index in [9.17, 15) is 4.79 Å². The highest BCUT2D eigenvalue weighted by molar-refractivity contribution is 6.31. The summed E-state index contributed by atoms with van der Waals surface area (Å²) < 4.78 is 1.84. The van der Waals surface area contributed by atoms with Crippen molar-refractivity contribution in [3.8, 4) is 0 Å². The van der Waals surface area contributed by atoms with Crippen LogP contribution in [0.4, 0.5) is 5.69 Å². The molecule has 23 heavy (non-hydrogen) atoms. The van der Waals surface area contributed by atoms with Crippen LogP contribution >= 0.6 is 11.6 Å². The first-order valence-corrected chi connectivity index (χ1v) is 7.62. The van der Waals surface area contributed by atoms with Crippen LogP contribution < -0.4 is 5.32 Å². The molecule has 3 rings (SSSR count). The largest absolute Gasteiger partial charge is 0.322 e. The van der Waals surface area contributed by atoms with Crippen LogP contribution in [-0.2, 0) is 4.79 Å². The zero-order valence-corrected chi connectivity index (χ0v) is 13.6. The van der Waals surface area contributed by atoms with Gasteiger partial charge in [-0.05, 0) is 49.2 Å². The average Bonchev–Trinajstić information content (AvgIpc) is 2.85. The summed E-state index contributed by atoms with van der Waals surface area (Å²) in [6, 6.07) is 11.5. The number of rotatable bonds is 3. The van der Waals surface area contributed by atoms with Crippen molar-refractivity contribution in [1.29, 1.82) is 0 Å². The van der Waals surface area contributed by atoms with E-state index in [-0.39, 0.29) is 5.91 Å². The van der Waals surface area contributed by atoms with Crippen LogP contribution in [0.3, 0.4) is 0 Å². The Morgan fingerprint density at radius 3 is 2.87 bits per heavy atom. The fourth-order valence-corrected chi connectivity index (χ4v) is 2.59. The molecule has 0 radical (unpaired) electrons. The molecule has 0 saturated carbocycles. The molecule has 2 heterocycles. The minimum absolute atomic E-state index is 0.208. The molecule has 0 saturated heterocycles. The van der Waals surface area contributed by atoms with E-state index < -0.39 is 0 Å². The van der Waals surface area contributed by atoms with Crippen molar-refractivity contribution in [2.45, 2.75) is 13.8 Å². The summed E-state index contributed by atoms with van der Waals surface area (Å²) in [7, 11) is 0. The molecule has 0 spiro atoms. The predicted octanol–water partition coefficient (Wildman–Crippen LogP) is 4.26. The minimum Gasteiger partial charge on any atom is -0.322 e. The van der Waals surface area contributed by atoms with Gasteiger partial charge >= 0.3 is 0 Å². The highest BCUT2D eigenvalue weighted by Crippen LogP contribution is 2.20. The molecule has 0 aliphatic rings. The lowest BCUT2D eigenvalue weighted by atomic mass is 10.1. The number of amides is 1.